The van der Waals surface area contributed by atoms with Gasteiger partial charge in [0.15, 0.2) is 0 Å². The molecule has 0 heterocycles. The van der Waals surface area contributed by atoms with Gasteiger partial charge in [0, 0.05) is 10.2 Å². The van der Waals surface area contributed by atoms with E-state index in [2.05, 4.69) is 21.2 Å². The van der Waals surface area contributed by atoms with Crippen LogP contribution in [-0.4, -0.2) is 25.6 Å². The number of hydrogen-bond acceptors (Lipinski definition) is 4. The van der Waals surface area contributed by atoms with E-state index in [0.717, 1.165) is 10.9 Å². The van der Waals surface area contributed by atoms with E-state index in [0.29, 0.717) is 29.2 Å². The van der Waals surface area contributed by atoms with Crippen molar-refractivity contribution in [1.82, 2.24) is 0 Å². The summed E-state index contributed by atoms with van der Waals surface area (Å²) in [6.45, 7) is 2.32. The summed E-state index contributed by atoms with van der Waals surface area (Å²) >= 11 is 3.34. The zero-order valence-electron chi connectivity index (χ0n) is 13.5. The van der Waals surface area contributed by atoms with E-state index in [4.69, 9.17) is 9.47 Å². The topological polar surface area (TPSA) is 64.6 Å². The van der Waals surface area contributed by atoms with E-state index in [9.17, 15) is 9.59 Å². The van der Waals surface area contributed by atoms with E-state index in [1.54, 1.807) is 42.5 Å². The van der Waals surface area contributed by atoms with Crippen LogP contribution in [0.1, 0.15) is 34.1 Å². The van der Waals surface area contributed by atoms with Gasteiger partial charge in [-0.15, -0.1) is 0 Å². The van der Waals surface area contributed by atoms with Gasteiger partial charge in [-0.2, -0.15) is 0 Å². The van der Waals surface area contributed by atoms with Crippen LogP contribution in [0.15, 0.2) is 46.9 Å². The predicted octanol–water partition coefficient (Wildman–Crippen LogP) is 4.28. The van der Waals surface area contributed by atoms with Gasteiger partial charge in [0.25, 0.3) is 5.91 Å². The largest absolute Gasteiger partial charge is 0.496 e. The number of amides is 1. The highest BCUT2D eigenvalue weighted by Crippen LogP contribution is 2.24. The molecule has 0 aliphatic carbocycles. The van der Waals surface area contributed by atoms with E-state index in [-0.39, 0.29) is 11.9 Å². The molecule has 0 aromatic heterocycles. The van der Waals surface area contributed by atoms with Crippen LogP contribution in [0.4, 0.5) is 5.69 Å². The summed E-state index contributed by atoms with van der Waals surface area (Å²) in [6, 6.07) is 11.7. The number of methoxy groups -OCH3 is 1. The molecule has 0 fully saturated rings. The fourth-order valence-electron chi connectivity index (χ4n) is 2.02. The molecule has 2 aromatic carbocycles. The molecule has 5 nitrogen and oxygen atoms in total. The molecule has 0 aliphatic heterocycles. The first kappa shape index (κ1) is 18.0. The summed E-state index contributed by atoms with van der Waals surface area (Å²) in [5.41, 5.74) is 1.44. The first-order valence-corrected chi connectivity index (χ1v) is 8.26. The second kappa shape index (κ2) is 8.49. The fraction of sp³-hybridized carbons (Fsp3) is 0.222. The number of anilines is 1. The minimum Gasteiger partial charge on any atom is -0.496 e. The SMILES string of the molecule is CCCOC(=O)c1ccc(NC(=O)c2cc(Br)ccc2OC)cc1. The number of carbonyl (C=O) groups is 2. The first-order valence-electron chi connectivity index (χ1n) is 7.47. The summed E-state index contributed by atoms with van der Waals surface area (Å²) in [5, 5.41) is 2.78. The first-order chi connectivity index (χ1) is 11.5. The lowest BCUT2D eigenvalue weighted by atomic mass is 10.1. The number of hydrogen-bond donors (Lipinski definition) is 1. The maximum Gasteiger partial charge on any atom is 0.338 e. The standard InChI is InChI=1S/C18H18BrNO4/c1-3-10-24-18(22)12-4-7-14(8-5-12)20-17(21)15-11-13(19)6-9-16(15)23-2/h4-9,11H,3,10H2,1-2H3,(H,20,21). The van der Waals surface area contributed by atoms with Crippen LogP contribution in [0.3, 0.4) is 0 Å². The second-order valence-electron chi connectivity index (χ2n) is 5.01. The van der Waals surface area contributed by atoms with Crippen LogP contribution < -0.4 is 10.1 Å². The number of carbonyl (C=O) groups excluding carboxylic acids is 2. The number of rotatable bonds is 6. The van der Waals surface area contributed by atoms with E-state index in [1.807, 2.05) is 6.92 Å². The Kier molecular flexibility index (Phi) is 6.37. The summed E-state index contributed by atoms with van der Waals surface area (Å²) in [6.07, 6.45) is 0.772. The van der Waals surface area contributed by atoms with E-state index < -0.39 is 0 Å². The minimum atomic E-state index is -0.372. The van der Waals surface area contributed by atoms with Gasteiger partial charge in [-0.3, -0.25) is 4.79 Å². The molecule has 0 saturated heterocycles. The average molecular weight is 392 g/mol. The van der Waals surface area contributed by atoms with Crippen molar-refractivity contribution >= 4 is 33.5 Å². The van der Waals surface area contributed by atoms with Crippen molar-refractivity contribution in [2.75, 3.05) is 19.0 Å². The maximum atomic E-state index is 12.4. The van der Waals surface area contributed by atoms with Gasteiger partial charge >= 0.3 is 5.97 Å². The number of ether oxygens (including phenoxy) is 2. The Morgan fingerprint density at radius 3 is 2.46 bits per heavy atom. The molecule has 24 heavy (non-hydrogen) atoms. The van der Waals surface area contributed by atoms with Crippen LogP contribution in [0.5, 0.6) is 5.75 Å². The third-order valence-corrected chi connectivity index (χ3v) is 3.72. The van der Waals surface area contributed by atoms with Crippen LogP contribution >= 0.6 is 15.9 Å². The molecular formula is C18H18BrNO4. The monoisotopic (exact) mass is 391 g/mol. The van der Waals surface area contributed by atoms with Crippen molar-refractivity contribution in [3.63, 3.8) is 0 Å². The number of nitrogens with one attached hydrogen (secondary N) is 1. The molecule has 2 aromatic rings. The Labute approximate surface area is 149 Å². The van der Waals surface area contributed by atoms with Gasteiger partial charge in [0.05, 0.1) is 24.8 Å². The molecule has 6 heteroatoms. The number of halogens is 1. The highest BCUT2D eigenvalue weighted by Gasteiger charge is 2.13. The van der Waals surface area contributed by atoms with Gasteiger partial charge in [-0.25, -0.2) is 4.79 Å². The highest BCUT2D eigenvalue weighted by molar-refractivity contribution is 9.10. The normalized spacial score (nSPS) is 10.1. The van der Waals surface area contributed by atoms with Crippen molar-refractivity contribution < 1.29 is 19.1 Å². The molecule has 0 saturated carbocycles. The Morgan fingerprint density at radius 1 is 1.12 bits per heavy atom. The Balaban J connectivity index is 2.10. The third kappa shape index (κ3) is 4.58. The molecular weight excluding hydrogens is 374 g/mol. The van der Waals surface area contributed by atoms with Gasteiger partial charge in [0.2, 0.25) is 0 Å². The van der Waals surface area contributed by atoms with Gasteiger partial charge in [-0.05, 0) is 48.9 Å². The van der Waals surface area contributed by atoms with E-state index in [1.165, 1.54) is 7.11 Å². The zero-order valence-corrected chi connectivity index (χ0v) is 15.1. The molecule has 0 radical (unpaired) electrons. The molecule has 0 atom stereocenters. The molecule has 0 spiro atoms. The zero-order chi connectivity index (χ0) is 17.5. The van der Waals surface area contributed by atoms with Crippen LogP contribution in [0.25, 0.3) is 0 Å². The van der Waals surface area contributed by atoms with Crippen molar-refractivity contribution in [1.29, 1.82) is 0 Å². The minimum absolute atomic E-state index is 0.297. The maximum absolute atomic E-state index is 12.4. The molecule has 0 aliphatic rings. The van der Waals surface area contributed by atoms with Crippen LogP contribution in [0, 0.1) is 0 Å². The highest BCUT2D eigenvalue weighted by atomic mass is 79.9. The van der Waals surface area contributed by atoms with Crippen molar-refractivity contribution in [2.24, 2.45) is 0 Å². The van der Waals surface area contributed by atoms with Crippen molar-refractivity contribution in [3.8, 4) is 5.75 Å². The fourth-order valence-corrected chi connectivity index (χ4v) is 2.38. The summed E-state index contributed by atoms with van der Waals surface area (Å²) < 4.78 is 11.0. The molecule has 2 rings (SSSR count). The molecule has 0 unspecified atom stereocenters. The lowest BCUT2D eigenvalue weighted by Gasteiger charge is -2.10. The third-order valence-electron chi connectivity index (χ3n) is 3.22. The molecule has 1 N–H and O–H groups in total. The lowest BCUT2D eigenvalue weighted by molar-refractivity contribution is 0.0505. The summed E-state index contributed by atoms with van der Waals surface area (Å²) in [4.78, 5) is 24.2. The Morgan fingerprint density at radius 2 is 1.83 bits per heavy atom. The van der Waals surface area contributed by atoms with Crippen LogP contribution in [0.2, 0.25) is 0 Å². The molecule has 1 amide bonds. The Hall–Kier alpha value is -2.34. The van der Waals surface area contributed by atoms with Crippen molar-refractivity contribution in [3.05, 3.63) is 58.1 Å². The summed E-state index contributed by atoms with van der Waals surface area (Å²) in [7, 11) is 1.51. The van der Waals surface area contributed by atoms with Crippen LogP contribution in [-0.2, 0) is 4.74 Å². The predicted molar refractivity (Wildman–Crippen MR) is 95.7 cm³/mol. The second-order valence-corrected chi connectivity index (χ2v) is 5.93. The lowest BCUT2D eigenvalue weighted by Crippen LogP contribution is -2.13. The molecule has 0 bridgehead atoms. The van der Waals surface area contributed by atoms with Gasteiger partial charge in [-0.1, -0.05) is 22.9 Å². The average Bonchev–Trinajstić information content (AvgIpc) is 2.60. The quantitative estimate of drug-likeness (QED) is 0.746. The molecule has 126 valence electrons. The van der Waals surface area contributed by atoms with Crippen molar-refractivity contribution in [2.45, 2.75) is 13.3 Å². The Bertz CT molecular complexity index is 728. The number of benzene rings is 2. The number of esters is 1. The smallest absolute Gasteiger partial charge is 0.338 e. The van der Waals surface area contributed by atoms with Gasteiger partial charge < -0.3 is 14.8 Å². The summed E-state index contributed by atoms with van der Waals surface area (Å²) in [5.74, 6) is -0.187. The van der Waals surface area contributed by atoms with Gasteiger partial charge in [0.1, 0.15) is 5.75 Å². The van der Waals surface area contributed by atoms with E-state index >= 15 is 0 Å².